The molecule has 0 saturated carbocycles. The van der Waals surface area contributed by atoms with Crippen molar-refractivity contribution in [3.8, 4) is 5.75 Å². The lowest BCUT2D eigenvalue weighted by Crippen LogP contribution is -1.99. The molecule has 4 heteroatoms. The van der Waals surface area contributed by atoms with Crippen molar-refractivity contribution in [3.63, 3.8) is 0 Å². The molecule has 0 bridgehead atoms. The van der Waals surface area contributed by atoms with E-state index in [9.17, 15) is 4.57 Å². The molecule has 0 saturated heterocycles. The van der Waals surface area contributed by atoms with Crippen molar-refractivity contribution in [2.75, 3.05) is 20.1 Å². The van der Waals surface area contributed by atoms with Gasteiger partial charge in [-0.25, -0.2) is 0 Å². The van der Waals surface area contributed by atoms with Gasteiger partial charge in [-0.15, -0.1) is 0 Å². The fourth-order valence-electron chi connectivity index (χ4n) is 1.57. The Morgan fingerprint density at radius 1 is 1.38 bits per heavy atom. The van der Waals surface area contributed by atoms with Gasteiger partial charge < -0.3 is 9.26 Å². The van der Waals surface area contributed by atoms with Crippen molar-refractivity contribution in [1.82, 2.24) is 0 Å². The topological polar surface area (TPSA) is 35.5 Å². The first-order valence-electron chi connectivity index (χ1n) is 5.33. The van der Waals surface area contributed by atoms with E-state index >= 15 is 0 Å². The quantitative estimate of drug-likeness (QED) is 0.742. The first kappa shape index (κ1) is 13.3. The van der Waals surface area contributed by atoms with Crippen molar-refractivity contribution in [3.05, 3.63) is 29.3 Å². The van der Waals surface area contributed by atoms with Crippen LogP contribution < -0.4 is 4.52 Å². The molecule has 0 aliphatic heterocycles. The van der Waals surface area contributed by atoms with Gasteiger partial charge in [0.2, 0.25) is 0 Å². The molecule has 1 unspecified atom stereocenters. The Kier molecular flexibility index (Phi) is 4.57. The maximum absolute atomic E-state index is 11.9. The summed E-state index contributed by atoms with van der Waals surface area (Å²) in [5.41, 5.74) is 2.45. The maximum atomic E-state index is 11.9. The van der Waals surface area contributed by atoms with Crippen LogP contribution >= 0.6 is 7.37 Å². The normalized spacial score (nSPS) is 14.5. The van der Waals surface area contributed by atoms with E-state index in [1.54, 1.807) is 6.66 Å². The summed E-state index contributed by atoms with van der Waals surface area (Å²) in [6.07, 6.45) is 1.09. The van der Waals surface area contributed by atoms with Crippen molar-refractivity contribution in [2.24, 2.45) is 0 Å². The molecule has 1 rings (SSSR count). The highest BCUT2D eigenvalue weighted by Gasteiger charge is 2.17. The number of methoxy groups -OCH3 is 1. The lowest BCUT2D eigenvalue weighted by molar-refractivity contribution is 0.240. The van der Waals surface area contributed by atoms with Crippen LogP contribution in [0.1, 0.15) is 18.1 Å². The summed E-state index contributed by atoms with van der Waals surface area (Å²) in [4.78, 5) is 0. The minimum absolute atomic E-state index is 0.141. The van der Waals surface area contributed by atoms with E-state index in [4.69, 9.17) is 9.26 Å². The largest absolute Gasteiger partial charge is 0.441 e. The van der Waals surface area contributed by atoms with Crippen molar-refractivity contribution < 1.29 is 13.8 Å². The maximum Gasteiger partial charge on any atom is 0.269 e. The lowest BCUT2D eigenvalue weighted by atomic mass is 10.1. The zero-order valence-corrected chi connectivity index (χ0v) is 11.2. The van der Waals surface area contributed by atoms with Gasteiger partial charge in [-0.2, -0.15) is 0 Å². The number of hydrogen-bond donors (Lipinski definition) is 0. The molecule has 0 radical (unpaired) electrons. The second-order valence-electron chi connectivity index (χ2n) is 3.97. The third-order valence-electron chi connectivity index (χ3n) is 2.36. The van der Waals surface area contributed by atoms with Crippen LogP contribution in [0.25, 0.3) is 0 Å². The zero-order chi connectivity index (χ0) is 12.2. The van der Waals surface area contributed by atoms with Crippen LogP contribution in [-0.2, 0) is 15.7 Å². The Hall–Kier alpha value is -0.790. The summed E-state index contributed by atoms with van der Waals surface area (Å²) < 4.78 is 22.3. The van der Waals surface area contributed by atoms with Gasteiger partial charge in [0.05, 0.1) is 0 Å². The van der Waals surface area contributed by atoms with Crippen LogP contribution in [0.15, 0.2) is 18.2 Å². The van der Waals surface area contributed by atoms with Gasteiger partial charge in [0.1, 0.15) is 12.1 Å². The van der Waals surface area contributed by atoms with E-state index < -0.39 is 7.37 Å². The molecule has 1 aromatic rings. The van der Waals surface area contributed by atoms with E-state index in [2.05, 4.69) is 13.8 Å². The standard InChI is InChI=1S/C12H19O3P/c1-5-11-8-12(7-6-10(11)2)15-16(4,13)9-14-3/h6-8H,5,9H2,1-4H3. The van der Waals surface area contributed by atoms with Crippen LogP contribution in [0, 0.1) is 6.92 Å². The van der Waals surface area contributed by atoms with E-state index in [-0.39, 0.29) is 6.35 Å². The predicted molar refractivity (Wildman–Crippen MR) is 66.6 cm³/mol. The van der Waals surface area contributed by atoms with Crippen molar-refractivity contribution in [1.29, 1.82) is 0 Å². The average molecular weight is 242 g/mol. The number of aryl methyl sites for hydroxylation is 2. The summed E-state index contributed by atoms with van der Waals surface area (Å²) in [6.45, 7) is 5.73. The molecule has 16 heavy (non-hydrogen) atoms. The van der Waals surface area contributed by atoms with Crippen molar-refractivity contribution in [2.45, 2.75) is 20.3 Å². The van der Waals surface area contributed by atoms with Gasteiger partial charge in [-0.1, -0.05) is 13.0 Å². The minimum Gasteiger partial charge on any atom is -0.441 e. The lowest BCUT2D eigenvalue weighted by Gasteiger charge is -2.15. The molecule has 0 heterocycles. The van der Waals surface area contributed by atoms with Crippen LogP contribution in [-0.4, -0.2) is 20.1 Å². The molecular formula is C12H19O3P. The molecule has 1 aromatic carbocycles. The Balaban J connectivity index is 2.86. The molecule has 90 valence electrons. The summed E-state index contributed by atoms with van der Waals surface area (Å²) in [5, 5.41) is 0. The summed E-state index contributed by atoms with van der Waals surface area (Å²) in [5.74, 6) is 0.658. The number of rotatable bonds is 5. The Morgan fingerprint density at radius 2 is 2.06 bits per heavy atom. The first-order valence-corrected chi connectivity index (χ1v) is 7.59. The molecular weight excluding hydrogens is 223 g/mol. The van der Waals surface area contributed by atoms with E-state index in [1.807, 2.05) is 18.2 Å². The monoisotopic (exact) mass is 242 g/mol. The van der Waals surface area contributed by atoms with Crippen molar-refractivity contribution >= 4 is 7.37 Å². The highest BCUT2D eigenvalue weighted by Crippen LogP contribution is 2.43. The van der Waals surface area contributed by atoms with Crippen LogP contribution in [0.5, 0.6) is 5.75 Å². The van der Waals surface area contributed by atoms with Gasteiger partial charge in [-0.3, -0.25) is 4.57 Å². The second-order valence-corrected chi connectivity index (χ2v) is 6.43. The van der Waals surface area contributed by atoms with Crippen LogP contribution in [0.2, 0.25) is 0 Å². The van der Waals surface area contributed by atoms with Gasteiger partial charge in [0.25, 0.3) is 7.37 Å². The number of benzene rings is 1. The van der Waals surface area contributed by atoms with E-state index in [0.29, 0.717) is 5.75 Å². The Labute approximate surface area is 97.2 Å². The molecule has 0 fully saturated rings. The molecule has 3 nitrogen and oxygen atoms in total. The molecule has 0 aliphatic carbocycles. The third kappa shape index (κ3) is 3.66. The van der Waals surface area contributed by atoms with E-state index in [1.165, 1.54) is 18.2 Å². The highest BCUT2D eigenvalue weighted by atomic mass is 31.2. The number of ether oxygens (including phenoxy) is 1. The average Bonchev–Trinajstić information content (AvgIpc) is 2.20. The second kappa shape index (κ2) is 5.51. The fourth-order valence-corrected chi connectivity index (χ4v) is 2.65. The van der Waals surface area contributed by atoms with Crippen LogP contribution in [0.4, 0.5) is 0 Å². The number of hydrogen-bond acceptors (Lipinski definition) is 3. The molecule has 0 amide bonds. The SMILES string of the molecule is CCc1cc(OP(C)(=O)COC)ccc1C. The first-order chi connectivity index (χ1) is 7.48. The Morgan fingerprint density at radius 3 is 2.62 bits per heavy atom. The zero-order valence-electron chi connectivity index (χ0n) is 10.3. The molecule has 0 aliphatic rings. The smallest absolute Gasteiger partial charge is 0.269 e. The van der Waals surface area contributed by atoms with Gasteiger partial charge in [0, 0.05) is 13.8 Å². The van der Waals surface area contributed by atoms with E-state index in [0.717, 1.165) is 6.42 Å². The molecule has 0 N–H and O–H groups in total. The van der Waals surface area contributed by atoms with Gasteiger partial charge in [-0.05, 0) is 36.6 Å². The van der Waals surface area contributed by atoms with Gasteiger partial charge >= 0.3 is 0 Å². The molecule has 1 atom stereocenters. The van der Waals surface area contributed by atoms with Gasteiger partial charge in [0.15, 0.2) is 0 Å². The highest BCUT2D eigenvalue weighted by molar-refractivity contribution is 7.58. The summed E-state index contributed by atoms with van der Waals surface area (Å²) >= 11 is 0. The van der Waals surface area contributed by atoms with Crippen LogP contribution in [0.3, 0.4) is 0 Å². The summed E-state index contributed by atoms with van der Waals surface area (Å²) in [6, 6.07) is 5.78. The Bertz CT molecular complexity index is 401. The molecule has 0 aromatic heterocycles. The fraction of sp³-hybridized carbons (Fsp3) is 0.500. The minimum atomic E-state index is -2.68. The predicted octanol–water partition coefficient (Wildman–Crippen LogP) is 3.45. The third-order valence-corrected chi connectivity index (χ3v) is 3.69. The summed E-state index contributed by atoms with van der Waals surface area (Å²) in [7, 11) is -1.16. The molecule has 0 spiro atoms.